The molecule has 0 aromatic heterocycles. The molecule has 5 unspecified atom stereocenters. The maximum Gasteiger partial charge on any atom is 0.262 e. The van der Waals surface area contributed by atoms with Crippen LogP contribution in [0.5, 0.6) is 11.5 Å². The fourth-order valence-corrected chi connectivity index (χ4v) is 13.6. The number of ether oxygens (including phenoxy) is 2. The monoisotopic (exact) mass is 1190 g/mol. The highest BCUT2D eigenvalue weighted by atomic mass is 32.2. The van der Waals surface area contributed by atoms with Crippen molar-refractivity contribution in [2.75, 3.05) is 27.3 Å². The Morgan fingerprint density at radius 1 is 0.442 bits per heavy atom. The standard InChI is InChI=1S/C34H34N2O6S.C34H32N2O6S/c2*1-41-28-20-22-29(23-21-28)43(39,40)36-24-12-11-19-30(32(37)25-13-5-2-6-14-25)31(36)34(38)35-42-33(26-15-7-3-8-16-26)27-17-9-4-10-18-27/h2-18,20-23,30-33,37H,19,24H2,1H3,(H,35,38);2-18,20-23,30-31,33H,19,24H2,1H3,(H,35,38). The summed E-state index contributed by atoms with van der Waals surface area (Å²) in [5.74, 6) is -2.60. The summed E-state index contributed by atoms with van der Waals surface area (Å²) in [5.41, 5.74) is 9.27. The molecule has 2 amide bonds. The van der Waals surface area contributed by atoms with Gasteiger partial charge in [-0.25, -0.2) is 27.8 Å². The van der Waals surface area contributed by atoms with E-state index < -0.39 is 74.1 Å². The molecule has 5 atom stereocenters. The number of Topliss-reactive ketones (excluding diaryl/α,β-unsaturated/α-hetero) is 1. The summed E-state index contributed by atoms with van der Waals surface area (Å²) in [6, 6.07) is 64.3. The van der Waals surface area contributed by atoms with Gasteiger partial charge in [0, 0.05) is 24.6 Å². The molecule has 2 heterocycles. The van der Waals surface area contributed by atoms with Crippen LogP contribution in [0.25, 0.3) is 0 Å². The lowest BCUT2D eigenvalue weighted by Crippen LogP contribution is -2.54. The number of rotatable bonds is 20. The zero-order chi connectivity index (χ0) is 60.5. The third kappa shape index (κ3) is 14.8. The Kier molecular flexibility index (Phi) is 21.0. The third-order valence-electron chi connectivity index (χ3n) is 14.9. The molecule has 18 heteroatoms. The van der Waals surface area contributed by atoms with Gasteiger partial charge in [0.15, 0.2) is 5.78 Å². The predicted octanol–water partition coefficient (Wildman–Crippen LogP) is 10.6. The van der Waals surface area contributed by atoms with Gasteiger partial charge in [-0.05, 0) is 89.2 Å². The fourth-order valence-electron chi connectivity index (χ4n) is 10.4. The quantitative estimate of drug-likeness (QED) is 0.0370. The lowest BCUT2D eigenvalue weighted by molar-refractivity contribution is -0.144. The van der Waals surface area contributed by atoms with Gasteiger partial charge in [0.2, 0.25) is 20.0 Å². The van der Waals surface area contributed by atoms with Crippen LogP contribution in [0.4, 0.5) is 0 Å². The number of allylic oxidation sites excluding steroid dienone is 2. The van der Waals surface area contributed by atoms with Crippen LogP contribution in [0, 0.1) is 11.8 Å². The number of hydrogen-bond acceptors (Lipinski definition) is 12. The molecule has 0 saturated heterocycles. The minimum absolute atomic E-state index is 0.00159. The van der Waals surface area contributed by atoms with Gasteiger partial charge in [-0.1, -0.05) is 206 Å². The van der Waals surface area contributed by atoms with Crippen LogP contribution in [-0.2, 0) is 39.3 Å². The van der Waals surface area contributed by atoms with E-state index in [0.717, 1.165) is 30.9 Å². The number of benzene rings is 8. The fraction of sp³-hybridized carbons (Fsp3) is 0.191. The van der Waals surface area contributed by atoms with E-state index in [4.69, 9.17) is 19.1 Å². The van der Waals surface area contributed by atoms with Crippen LogP contribution in [0.2, 0.25) is 0 Å². The first-order chi connectivity index (χ1) is 41.8. The van der Waals surface area contributed by atoms with Crippen molar-refractivity contribution >= 4 is 37.6 Å². The first-order valence-electron chi connectivity index (χ1n) is 27.8. The molecular formula is C68H66N4O12S2. The van der Waals surface area contributed by atoms with Gasteiger partial charge in [0.25, 0.3) is 11.8 Å². The second-order valence-electron chi connectivity index (χ2n) is 20.2. The second-order valence-corrected chi connectivity index (χ2v) is 24.0. The Balaban J connectivity index is 0.000000205. The second kappa shape index (κ2) is 29.3. The summed E-state index contributed by atoms with van der Waals surface area (Å²) in [5, 5.41) is 11.6. The van der Waals surface area contributed by atoms with E-state index in [-0.39, 0.29) is 41.5 Å². The van der Waals surface area contributed by atoms with Crippen LogP contribution >= 0.6 is 0 Å². The maximum atomic E-state index is 14.2. The van der Waals surface area contributed by atoms with Crippen molar-refractivity contribution < 1.29 is 55.5 Å². The summed E-state index contributed by atoms with van der Waals surface area (Å²) in [6.45, 7) is -0.170. The molecule has 10 rings (SSSR count). The van der Waals surface area contributed by atoms with Gasteiger partial charge in [0.1, 0.15) is 35.8 Å². The van der Waals surface area contributed by atoms with Gasteiger partial charge in [-0.3, -0.25) is 24.1 Å². The maximum absolute atomic E-state index is 14.2. The number of methoxy groups -OCH3 is 2. The average Bonchev–Trinajstić information content (AvgIpc) is 1.84. The van der Waals surface area contributed by atoms with E-state index in [1.54, 1.807) is 91.0 Å². The van der Waals surface area contributed by atoms with Crippen LogP contribution in [0.1, 0.15) is 69.3 Å². The first-order valence-corrected chi connectivity index (χ1v) is 30.7. The number of amides is 2. The molecule has 8 aromatic carbocycles. The highest BCUT2D eigenvalue weighted by molar-refractivity contribution is 7.89. The molecule has 16 nitrogen and oxygen atoms in total. The number of aliphatic hydroxyl groups is 1. The van der Waals surface area contributed by atoms with Crippen molar-refractivity contribution in [2.24, 2.45) is 11.8 Å². The van der Waals surface area contributed by atoms with Gasteiger partial charge < -0.3 is 14.6 Å². The smallest absolute Gasteiger partial charge is 0.262 e. The number of carbonyl (C=O) groups excluding carboxylic acids is 3. The summed E-state index contributed by atoms with van der Waals surface area (Å²) in [6.07, 6.45) is 4.89. The van der Waals surface area contributed by atoms with E-state index in [0.29, 0.717) is 22.6 Å². The van der Waals surface area contributed by atoms with E-state index >= 15 is 0 Å². The molecule has 0 radical (unpaired) electrons. The van der Waals surface area contributed by atoms with Gasteiger partial charge in [0.05, 0.1) is 36.0 Å². The topological polar surface area (TPSA) is 207 Å². The Morgan fingerprint density at radius 2 is 0.779 bits per heavy atom. The Hall–Kier alpha value is -8.85. The summed E-state index contributed by atoms with van der Waals surface area (Å²) in [4.78, 5) is 54.2. The van der Waals surface area contributed by atoms with Crippen molar-refractivity contribution in [3.8, 4) is 11.5 Å². The lowest BCUT2D eigenvalue weighted by atomic mass is 9.86. The number of nitrogens with one attached hydrogen (secondary N) is 2. The first kappa shape index (κ1) is 61.7. The number of aliphatic hydroxyl groups excluding tert-OH is 1. The number of ketones is 1. The summed E-state index contributed by atoms with van der Waals surface area (Å²) < 4.78 is 68.9. The molecule has 86 heavy (non-hydrogen) atoms. The van der Waals surface area contributed by atoms with Crippen molar-refractivity contribution in [3.05, 3.63) is 288 Å². The van der Waals surface area contributed by atoms with Crippen LogP contribution in [0.15, 0.2) is 265 Å². The molecule has 0 spiro atoms. The van der Waals surface area contributed by atoms with Crippen molar-refractivity contribution in [3.63, 3.8) is 0 Å². The van der Waals surface area contributed by atoms with E-state index in [2.05, 4.69) is 11.0 Å². The minimum atomic E-state index is -4.24. The van der Waals surface area contributed by atoms with E-state index in [9.17, 15) is 36.3 Å². The molecule has 2 aliphatic rings. The molecule has 3 N–H and O–H groups in total. The average molecular weight is 1200 g/mol. The van der Waals surface area contributed by atoms with Crippen LogP contribution < -0.4 is 20.4 Å². The number of sulfonamides is 2. The summed E-state index contributed by atoms with van der Waals surface area (Å²) in [7, 11) is -5.45. The van der Waals surface area contributed by atoms with Gasteiger partial charge in [-0.2, -0.15) is 8.61 Å². The number of carbonyl (C=O) groups is 3. The van der Waals surface area contributed by atoms with E-state index in [1.807, 2.05) is 127 Å². The molecule has 0 fully saturated rings. The normalized spacial score (nSPS) is 17.7. The Bertz CT molecular complexity index is 3700. The molecule has 442 valence electrons. The van der Waals surface area contributed by atoms with Crippen molar-refractivity contribution in [2.45, 2.75) is 53.0 Å². The van der Waals surface area contributed by atoms with Crippen molar-refractivity contribution in [1.29, 1.82) is 0 Å². The number of nitrogens with zero attached hydrogens (tertiary/aromatic N) is 2. The zero-order valence-electron chi connectivity index (χ0n) is 47.3. The molecule has 2 aliphatic heterocycles. The number of hydrogen-bond donors (Lipinski definition) is 3. The number of hydroxylamine groups is 2. The molecule has 0 saturated carbocycles. The third-order valence-corrected chi connectivity index (χ3v) is 18.6. The largest absolute Gasteiger partial charge is 0.497 e. The Labute approximate surface area is 502 Å². The van der Waals surface area contributed by atoms with Crippen LogP contribution in [0.3, 0.4) is 0 Å². The minimum Gasteiger partial charge on any atom is -0.497 e. The lowest BCUT2D eigenvalue weighted by Gasteiger charge is -2.35. The SMILES string of the molecule is COc1ccc(S(=O)(=O)N2CC=CCC(C(=O)c3ccccc3)C2C(=O)NOC(c2ccccc2)c2ccccc2)cc1.COc1ccc(S(=O)(=O)N2CC=CCC(C(O)c3ccccc3)C2C(=O)NOC(c2ccccc2)c2ccccc2)cc1. The molecule has 0 bridgehead atoms. The highest BCUT2D eigenvalue weighted by Crippen LogP contribution is 2.37. The molecule has 0 aliphatic carbocycles. The molecular weight excluding hydrogens is 1130 g/mol. The predicted molar refractivity (Wildman–Crippen MR) is 326 cm³/mol. The van der Waals surface area contributed by atoms with Gasteiger partial charge in [-0.15, -0.1) is 0 Å². The zero-order valence-corrected chi connectivity index (χ0v) is 48.9. The van der Waals surface area contributed by atoms with Crippen LogP contribution in [-0.4, -0.2) is 87.5 Å². The van der Waals surface area contributed by atoms with Gasteiger partial charge >= 0.3 is 0 Å². The van der Waals surface area contributed by atoms with Crippen molar-refractivity contribution in [1.82, 2.24) is 19.6 Å². The van der Waals surface area contributed by atoms with E-state index in [1.165, 1.54) is 50.6 Å². The molecule has 8 aromatic rings. The summed E-state index contributed by atoms with van der Waals surface area (Å²) >= 11 is 0. The Morgan fingerprint density at radius 3 is 1.16 bits per heavy atom. The highest BCUT2D eigenvalue weighted by Gasteiger charge is 2.46.